The second-order valence-electron chi connectivity index (χ2n) is 3.30. The van der Waals surface area contributed by atoms with Crippen molar-refractivity contribution in [2.24, 2.45) is 0 Å². The second-order valence-corrected chi connectivity index (χ2v) is 5.87. The monoisotopic (exact) mass is 290 g/mol. The van der Waals surface area contributed by atoms with E-state index in [1.807, 2.05) is 11.8 Å². The lowest BCUT2D eigenvalue weighted by atomic mass is 10.2. The maximum atomic E-state index is 5.16. The fourth-order valence-corrected chi connectivity index (χ4v) is 3.14. The van der Waals surface area contributed by atoms with Crippen LogP contribution in [0.2, 0.25) is 0 Å². The molecule has 1 unspecified atom stereocenters. The van der Waals surface area contributed by atoms with Gasteiger partial charge in [-0.3, -0.25) is 0 Å². The van der Waals surface area contributed by atoms with Gasteiger partial charge in [0, 0.05) is 6.20 Å². The fraction of sp³-hybridized carbons (Fsp3) is 0.556. The van der Waals surface area contributed by atoms with E-state index in [4.69, 9.17) is 12.2 Å². The Balaban J connectivity index is 2.23. The van der Waals surface area contributed by atoms with Gasteiger partial charge in [-0.25, -0.2) is 4.98 Å². The minimum absolute atomic E-state index is 0.513. The molecule has 1 fully saturated rings. The van der Waals surface area contributed by atoms with E-state index in [-0.39, 0.29) is 0 Å². The molecule has 0 saturated carbocycles. The largest absolute Gasteiger partial charge is 0.333 e. The summed E-state index contributed by atoms with van der Waals surface area (Å²) in [4.78, 5) is 7.55. The molecule has 76 valence electrons. The maximum absolute atomic E-state index is 5.16. The average molecular weight is 291 g/mol. The Morgan fingerprint density at radius 3 is 3.07 bits per heavy atom. The van der Waals surface area contributed by atoms with Crippen LogP contribution < -0.4 is 0 Å². The van der Waals surface area contributed by atoms with Crippen LogP contribution >= 0.6 is 39.9 Å². The molecule has 14 heavy (non-hydrogen) atoms. The lowest BCUT2D eigenvalue weighted by Crippen LogP contribution is -2.06. The maximum Gasteiger partial charge on any atom is 0.120 e. The zero-order chi connectivity index (χ0) is 9.97. The number of aromatic amines is 1. The van der Waals surface area contributed by atoms with Crippen LogP contribution in [-0.2, 0) is 0 Å². The predicted octanol–water partition coefficient (Wildman–Crippen LogP) is 3.86. The number of H-pyrrole nitrogens is 1. The molecule has 0 aliphatic carbocycles. The van der Waals surface area contributed by atoms with Gasteiger partial charge in [0.1, 0.15) is 10.5 Å². The van der Waals surface area contributed by atoms with E-state index in [0.717, 1.165) is 14.9 Å². The van der Waals surface area contributed by atoms with Crippen LogP contribution in [0.25, 0.3) is 0 Å². The molecule has 2 rings (SSSR count). The number of hydrogen-bond donors (Lipinski definition) is 1. The van der Waals surface area contributed by atoms with E-state index < -0.39 is 0 Å². The molecule has 0 bridgehead atoms. The lowest BCUT2D eigenvalue weighted by molar-refractivity contribution is 0.660. The van der Waals surface area contributed by atoms with Gasteiger partial charge in [0.05, 0.1) is 9.72 Å². The summed E-state index contributed by atoms with van der Waals surface area (Å²) in [5, 5.41) is 0.513. The van der Waals surface area contributed by atoms with E-state index in [1.165, 1.54) is 25.0 Å². The van der Waals surface area contributed by atoms with Crippen LogP contribution in [-0.4, -0.2) is 15.7 Å². The quantitative estimate of drug-likeness (QED) is 0.796. The Labute approximate surface area is 101 Å². The summed E-state index contributed by atoms with van der Waals surface area (Å²) in [7, 11) is 0. The molecule has 2 nitrogen and oxygen atoms in total. The highest BCUT2D eigenvalue weighted by atomic mass is 79.9. The average Bonchev–Trinajstić information content (AvgIpc) is 2.23. The van der Waals surface area contributed by atoms with Crippen molar-refractivity contribution in [1.29, 1.82) is 0 Å². The van der Waals surface area contributed by atoms with Gasteiger partial charge in [-0.1, -0.05) is 18.6 Å². The predicted molar refractivity (Wildman–Crippen MR) is 66.2 cm³/mol. The van der Waals surface area contributed by atoms with Gasteiger partial charge in [-0.2, -0.15) is 11.8 Å². The summed E-state index contributed by atoms with van der Waals surface area (Å²) in [6, 6.07) is 0. The van der Waals surface area contributed by atoms with Gasteiger partial charge in [-0.05, 0) is 34.5 Å². The standard InChI is InChI=1S/C9H11BrN2S2/c10-6-5-11-8(12-9(6)13)7-3-1-2-4-14-7/h5,7H,1-4H2,(H,11,12,13). The molecule has 1 saturated heterocycles. The number of thioether (sulfide) groups is 1. The smallest absolute Gasteiger partial charge is 0.120 e. The van der Waals surface area contributed by atoms with E-state index >= 15 is 0 Å². The number of hydrogen-bond acceptors (Lipinski definition) is 3. The third-order valence-electron chi connectivity index (χ3n) is 2.26. The van der Waals surface area contributed by atoms with E-state index in [0.29, 0.717) is 5.25 Å². The van der Waals surface area contributed by atoms with Crippen LogP contribution in [0, 0.1) is 4.64 Å². The Morgan fingerprint density at radius 1 is 1.57 bits per heavy atom. The molecule has 1 aromatic heterocycles. The molecule has 0 aromatic carbocycles. The zero-order valence-electron chi connectivity index (χ0n) is 7.62. The lowest BCUT2D eigenvalue weighted by Gasteiger charge is -2.20. The highest BCUT2D eigenvalue weighted by Gasteiger charge is 2.17. The molecule has 1 atom stereocenters. The molecular weight excluding hydrogens is 280 g/mol. The first-order valence-corrected chi connectivity index (χ1v) is 6.88. The molecule has 0 spiro atoms. The topological polar surface area (TPSA) is 28.7 Å². The number of rotatable bonds is 1. The van der Waals surface area contributed by atoms with Gasteiger partial charge in [-0.15, -0.1) is 0 Å². The van der Waals surface area contributed by atoms with Crippen molar-refractivity contribution >= 4 is 39.9 Å². The molecule has 1 aliphatic rings. The van der Waals surface area contributed by atoms with Crippen molar-refractivity contribution in [3.63, 3.8) is 0 Å². The minimum atomic E-state index is 0.513. The first-order valence-electron chi connectivity index (χ1n) is 4.63. The summed E-state index contributed by atoms with van der Waals surface area (Å²) < 4.78 is 1.62. The van der Waals surface area contributed by atoms with Gasteiger partial charge >= 0.3 is 0 Å². The Hall–Kier alpha value is 0.130. The second kappa shape index (κ2) is 4.77. The van der Waals surface area contributed by atoms with Crippen LogP contribution in [0.1, 0.15) is 30.3 Å². The van der Waals surface area contributed by atoms with Gasteiger partial charge < -0.3 is 4.98 Å². The minimum Gasteiger partial charge on any atom is -0.333 e. The summed E-state index contributed by atoms with van der Waals surface area (Å²) >= 11 is 10.5. The molecular formula is C9H11BrN2S2. The van der Waals surface area contributed by atoms with Crippen molar-refractivity contribution in [2.45, 2.75) is 24.5 Å². The number of aromatic nitrogens is 2. The van der Waals surface area contributed by atoms with E-state index in [2.05, 4.69) is 25.9 Å². The number of halogens is 1. The van der Waals surface area contributed by atoms with Crippen molar-refractivity contribution in [3.8, 4) is 0 Å². The first-order chi connectivity index (χ1) is 6.77. The van der Waals surface area contributed by atoms with Crippen LogP contribution in [0.4, 0.5) is 0 Å². The van der Waals surface area contributed by atoms with Crippen LogP contribution in [0.3, 0.4) is 0 Å². The summed E-state index contributed by atoms with van der Waals surface area (Å²) in [5.41, 5.74) is 0. The molecule has 5 heteroatoms. The molecule has 1 aromatic rings. The van der Waals surface area contributed by atoms with Crippen LogP contribution in [0.15, 0.2) is 10.7 Å². The van der Waals surface area contributed by atoms with Gasteiger partial charge in [0.25, 0.3) is 0 Å². The normalized spacial score (nSPS) is 22.2. The Kier molecular flexibility index (Phi) is 3.62. The molecule has 2 heterocycles. The van der Waals surface area contributed by atoms with Crippen LogP contribution in [0.5, 0.6) is 0 Å². The molecule has 0 amide bonds. The SMILES string of the molecule is S=c1[nH]c(C2CCCCS2)ncc1Br. The highest BCUT2D eigenvalue weighted by Crippen LogP contribution is 2.36. The van der Waals surface area contributed by atoms with E-state index in [1.54, 1.807) is 6.20 Å². The summed E-state index contributed by atoms with van der Waals surface area (Å²) in [6.07, 6.45) is 5.64. The molecule has 0 radical (unpaired) electrons. The Morgan fingerprint density at radius 2 is 2.43 bits per heavy atom. The van der Waals surface area contributed by atoms with Gasteiger partial charge in [0.15, 0.2) is 0 Å². The molecule has 1 aliphatic heterocycles. The number of nitrogens with one attached hydrogen (secondary N) is 1. The highest BCUT2D eigenvalue weighted by molar-refractivity contribution is 9.10. The van der Waals surface area contributed by atoms with Crippen molar-refractivity contribution < 1.29 is 0 Å². The van der Waals surface area contributed by atoms with Crippen molar-refractivity contribution in [2.75, 3.05) is 5.75 Å². The van der Waals surface area contributed by atoms with Gasteiger partial charge in [0.2, 0.25) is 0 Å². The summed E-state index contributed by atoms with van der Waals surface area (Å²) in [6.45, 7) is 0. The van der Waals surface area contributed by atoms with Crippen molar-refractivity contribution in [1.82, 2.24) is 9.97 Å². The zero-order valence-corrected chi connectivity index (χ0v) is 10.8. The number of nitrogens with zero attached hydrogens (tertiary/aromatic N) is 1. The Bertz CT molecular complexity index is 371. The summed E-state index contributed by atoms with van der Waals surface area (Å²) in [5.74, 6) is 2.27. The van der Waals surface area contributed by atoms with E-state index in [9.17, 15) is 0 Å². The third kappa shape index (κ3) is 2.38. The fourth-order valence-electron chi connectivity index (χ4n) is 1.51. The first kappa shape index (κ1) is 10.6. The molecule has 1 N–H and O–H groups in total. The van der Waals surface area contributed by atoms with Crippen molar-refractivity contribution in [3.05, 3.63) is 21.1 Å². The third-order valence-corrected chi connectivity index (χ3v) is 4.83.